The maximum Gasteiger partial charge on any atom is 0.268 e. The van der Waals surface area contributed by atoms with Gasteiger partial charge in [-0.1, -0.05) is 24.4 Å². The third-order valence-corrected chi connectivity index (χ3v) is 4.52. The number of aromatic nitrogens is 1. The summed E-state index contributed by atoms with van der Waals surface area (Å²) in [5.41, 5.74) is 6.33. The molecule has 0 spiro atoms. The molecule has 0 aliphatic heterocycles. The zero-order valence-corrected chi connectivity index (χ0v) is 11.7. The normalized spacial score (nSPS) is 21.6. The molecule has 0 radical (unpaired) electrons. The van der Waals surface area contributed by atoms with Gasteiger partial charge in [-0.3, -0.25) is 4.79 Å². The van der Waals surface area contributed by atoms with Gasteiger partial charge < -0.3 is 15.6 Å². The molecule has 2 aliphatic carbocycles. The van der Waals surface area contributed by atoms with Crippen molar-refractivity contribution in [2.24, 2.45) is 5.73 Å². The Hall–Kier alpha value is -1.00. The van der Waals surface area contributed by atoms with E-state index in [0.717, 1.165) is 38.5 Å². The van der Waals surface area contributed by atoms with E-state index < -0.39 is 0 Å². The SMILES string of the molecule is NCC1(NC(=O)c2cc(Cl)cn2C2CC2)CCCC1. The number of rotatable bonds is 4. The van der Waals surface area contributed by atoms with Crippen molar-refractivity contribution in [2.75, 3.05) is 6.54 Å². The van der Waals surface area contributed by atoms with Gasteiger partial charge >= 0.3 is 0 Å². The molecule has 0 bridgehead atoms. The van der Waals surface area contributed by atoms with Crippen molar-refractivity contribution in [3.8, 4) is 0 Å². The van der Waals surface area contributed by atoms with E-state index in [-0.39, 0.29) is 11.4 Å². The summed E-state index contributed by atoms with van der Waals surface area (Å²) in [5, 5.41) is 3.78. The molecule has 19 heavy (non-hydrogen) atoms. The fourth-order valence-electron chi connectivity index (χ4n) is 3.02. The summed E-state index contributed by atoms with van der Waals surface area (Å²) in [6.45, 7) is 0.511. The van der Waals surface area contributed by atoms with Gasteiger partial charge in [0.05, 0.1) is 10.6 Å². The topological polar surface area (TPSA) is 60.0 Å². The van der Waals surface area contributed by atoms with Crippen LogP contribution in [0.3, 0.4) is 0 Å². The van der Waals surface area contributed by atoms with Gasteiger partial charge in [0, 0.05) is 18.8 Å². The average molecular weight is 282 g/mol. The molecule has 0 unspecified atom stereocenters. The first-order valence-electron chi connectivity index (χ1n) is 7.03. The van der Waals surface area contributed by atoms with Gasteiger partial charge in [0.1, 0.15) is 5.69 Å². The predicted molar refractivity (Wildman–Crippen MR) is 75.4 cm³/mol. The summed E-state index contributed by atoms with van der Waals surface area (Å²) in [7, 11) is 0. The second-order valence-electron chi connectivity index (χ2n) is 5.83. The molecule has 1 aromatic heterocycles. The Morgan fingerprint density at radius 1 is 1.47 bits per heavy atom. The summed E-state index contributed by atoms with van der Waals surface area (Å²) in [6.07, 6.45) is 8.36. The predicted octanol–water partition coefficient (Wildman–Crippen LogP) is 2.48. The maximum absolute atomic E-state index is 12.5. The number of halogens is 1. The first kappa shape index (κ1) is 13.0. The van der Waals surface area contributed by atoms with Crippen molar-refractivity contribution in [2.45, 2.75) is 50.1 Å². The van der Waals surface area contributed by atoms with E-state index in [4.69, 9.17) is 17.3 Å². The number of nitrogens with zero attached hydrogens (tertiary/aromatic N) is 1. The van der Waals surface area contributed by atoms with E-state index in [2.05, 4.69) is 5.32 Å². The molecule has 5 heteroatoms. The lowest BCUT2D eigenvalue weighted by Crippen LogP contribution is -2.52. The van der Waals surface area contributed by atoms with Gasteiger partial charge in [0.15, 0.2) is 0 Å². The molecule has 2 aliphatic rings. The lowest BCUT2D eigenvalue weighted by molar-refractivity contribution is 0.0893. The quantitative estimate of drug-likeness (QED) is 0.891. The number of nitrogens with two attached hydrogens (primary N) is 1. The fraction of sp³-hybridized carbons (Fsp3) is 0.643. The smallest absolute Gasteiger partial charge is 0.268 e. The molecular formula is C14H20ClN3O. The number of hydrogen-bond acceptors (Lipinski definition) is 2. The third kappa shape index (κ3) is 2.51. The average Bonchev–Trinajstić information content (AvgIpc) is 3.01. The van der Waals surface area contributed by atoms with E-state index in [1.807, 2.05) is 10.8 Å². The van der Waals surface area contributed by atoms with Crippen molar-refractivity contribution in [1.82, 2.24) is 9.88 Å². The van der Waals surface area contributed by atoms with E-state index in [1.165, 1.54) is 0 Å². The molecule has 3 rings (SSSR count). The van der Waals surface area contributed by atoms with E-state index in [9.17, 15) is 4.79 Å². The van der Waals surface area contributed by atoms with Gasteiger partial charge in [-0.05, 0) is 31.7 Å². The van der Waals surface area contributed by atoms with Crippen LogP contribution in [0.15, 0.2) is 12.3 Å². The molecular weight excluding hydrogens is 262 g/mol. The summed E-state index contributed by atoms with van der Waals surface area (Å²) in [5.74, 6) is -0.0360. The molecule has 0 saturated heterocycles. The van der Waals surface area contributed by atoms with E-state index in [1.54, 1.807) is 6.07 Å². The molecule has 1 heterocycles. The van der Waals surface area contributed by atoms with Crippen LogP contribution >= 0.6 is 11.6 Å². The van der Waals surface area contributed by atoms with Crippen molar-refractivity contribution in [1.29, 1.82) is 0 Å². The number of carbonyl (C=O) groups excluding carboxylic acids is 1. The molecule has 104 valence electrons. The molecule has 3 N–H and O–H groups in total. The molecule has 1 aromatic rings. The minimum Gasteiger partial charge on any atom is -0.344 e. The Balaban J connectivity index is 1.80. The molecule has 2 saturated carbocycles. The van der Waals surface area contributed by atoms with Crippen LogP contribution in [-0.4, -0.2) is 22.6 Å². The lowest BCUT2D eigenvalue weighted by atomic mass is 9.97. The lowest BCUT2D eigenvalue weighted by Gasteiger charge is -2.28. The standard InChI is InChI=1S/C14H20ClN3O/c15-10-7-12(18(8-10)11-3-4-11)13(19)17-14(9-16)5-1-2-6-14/h7-8,11H,1-6,9,16H2,(H,17,19). The van der Waals surface area contributed by atoms with Crippen molar-refractivity contribution in [3.63, 3.8) is 0 Å². The van der Waals surface area contributed by atoms with Crippen LogP contribution in [-0.2, 0) is 0 Å². The van der Waals surface area contributed by atoms with Crippen LogP contribution in [0, 0.1) is 0 Å². The fourth-order valence-corrected chi connectivity index (χ4v) is 3.23. The van der Waals surface area contributed by atoms with Crippen LogP contribution in [0.2, 0.25) is 5.02 Å². The monoisotopic (exact) mass is 281 g/mol. The zero-order chi connectivity index (χ0) is 13.5. The first-order chi connectivity index (χ1) is 9.13. The van der Waals surface area contributed by atoms with Gasteiger partial charge in [-0.2, -0.15) is 0 Å². The molecule has 4 nitrogen and oxygen atoms in total. The molecule has 0 aromatic carbocycles. The summed E-state index contributed by atoms with van der Waals surface area (Å²) >= 11 is 6.04. The van der Waals surface area contributed by atoms with Gasteiger partial charge in [0.2, 0.25) is 0 Å². The van der Waals surface area contributed by atoms with Crippen LogP contribution in [0.25, 0.3) is 0 Å². The number of amides is 1. The number of nitrogens with one attached hydrogen (secondary N) is 1. The van der Waals surface area contributed by atoms with Gasteiger partial charge in [-0.25, -0.2) is 0 Å². The van der Waals surface area contributed by atoms with E-state index in [0.29, 0.717) is 23.3 Å². The van der Waals surface area contributed by atoms with Crippen LogP contribution in [0.1, 0.15) is 55.1 Å². The number of carbonyl (C=O) groups is 1. The molecule has 0 atom stereocenters. The third-order valence-electron chi connectivity index (χ3n) is 4.32. The Bertz CT molecular complexity index is 487. The van der Waals surface area contributed by atoms with Crippen molar-refractivity contribution < 1.29 is 4.79 Å². The largest absolute Gasteiger partial charge is 0.344 e. The van der Waals surface area contributed by atoms with E-state index >= 15 is 0 Å². The highest BCUT2D eigenvalue weighted by atomic mass is 35.5. The highest BCUT2D eigenvalue weighted by molar-refractivity contribution is 6.31. The number of hydrogen-bond donors (Lipinski definition) is 2. The summed E-state index contributed by atoms with van der Waals surface area (Å²) < 4.78 is 2.01. The van der Waals surface area contributed by atoms with Crippen molar-refractivity contribution >= 4 is 17.5 Å². The van der Waals surface area contributed by atoms with Crippen molar-refractivity contribution in [3.05, 3.63) is 23.0 Å². The van der Waals surface area contributed by atoms with Gasteiger partial charge in [-0.15, -0.1) is 0 Å². The minimum absolute atomic E-state index is 0.0360. The Kier molecular flexibility index (Phi) is 3.31. The van der Waals surface area contributed by atoms with Crippen LogP contribution in [0.4, 0.5) is 0 Å². The molecule has 2 fully saturated rings. The Morgan fingerprint density at radius 2 is 2.16 bits per heavy atom. The second kappa shape index (κ2) is 4.84. The summed E-state index contributed by atoms with van der Waals surface area (Å²) in [4.78, 5) is 12.5. The van der Waals surface area contributed by atoms with Gasteiger partial charge in [0.25, 0.3) is 5.91 Å². The maximum atomic E-state index is 12.5. The Morgan fingerprint density at radius 3 is 2.74 bits per heavy atom. The van der Waals surface area contributed by atoms with Crippen LogP contribution in [0.5, 0.6) is 0 Å². The summed E-state index contributed by atoms with van der Waals surface area (Å²) in [6, 6.07) is 2.21. The highest BCUT2D eigenvalue weighted by Gasteiger charge is 2.35. The highest BCUT2D eigenvalue weighted by Crippen LogP contribution is 2.37. The minimum atomic E-state index is -0.206. The second-order valence-corrected chi connectivity index (χ2v) is 6.26. The molecule has 1 amide bonds. The van der Waals surface area contributed by atoms with Crippen LogP contribution < -0.4 is 11.1 Å². The zero-order valence-electron chi connectivity index (χ0n) is 11.0. The first-order valence-corrected chi connectivity index (χ1v) is 7.41. The Labute approximate surface area is 118 Å².